The molecular formula is C31H35N5O3. The van der Waals surface area contributed by atoms with Gasteiger partial charge in [0.25, 0.3) is 0 Å². The molecule has 0 aliphatic carbocycles. The predicted octanol–water partition coefficient (Wildman–Crippen LogP) is 4.16. The number of para-hydroxylation sites is 1. The molecule has 2 atom stereocenters. The standard InChI is InChI=1S/C31H35N5O3/c1-22-13-15-25(16-14-22)30(31(38)32-20-26-10-7-19-39-26)35(18-17-24-9-4-3-8-23(24)2)29(37)21-36-28-12-6-5-11-27(28)33-34-36/h3-6,8-9,11-16,26,30H,7,10,17-21H2,1-2H3,(H,32,38)/t26-,30+/m1/s1. The summed E-state index contributed by atoms with van der Waals surface area (Å²) in [6.45, 7) is 5.57. The number of aromatic nitrogens is 3. The van der Waals surface area contributed by atoms with Crippen molar-refractivity contribution >= 4 is 22.8 Å². The van der Waals surface area contributed by atoms with Crippen LogP contribution in [0.15, 0.2) is 72.8 Å². The Morgan fingerprint density at radius 3 is 2.59 bits per heavy atom. The van der Waals surface area contributed by atoms with E-state index in [9.17, 15) is 9.59 Å². The number of hydrogen-bond acceptors (Lipinski definition) is 5. The van der Waals surface area contributed by atoms with Gasteiger partial charge in [0.2, 0.25) is 11.8 Å². The molecule has 0 radical (unpaired) electrons. The number of carbonyl (C=O) groups excluding carboxylic acids is 2. The van der Waals surface area contributed by atoms with Crippen LogP contribution in [0, 0.1) is 13.8 Å². The van der Waals surface area contributed by atoms with Crippen molar-refractivity contribution in [1.82, 2.24) is 25.2 Å². The van der Waals surface area contributed by atoms with Gasteiger partial charge < -0.3 is 15.0 Å². The molecule has 1 fully saturated rings. The highest BCUT2D eigenvalue weighted by molar-refractivity contribution is 5.89. The van der Waals surface area contributed by atoms with Crippen molar-refractivity contribution in [3.8, 4) is 0 Å². The summed E-state index contributed by atoms with van der Waals surface area (Å²) in [6.07, 6.45) is 2.54. The van der Waals surface area contributed by atoms with Crippen molar-refractivity contribution in [1.29, 1.82) is 0 Å². The highest BCUT2D eigenvalue weighted by atomic mass is 16.5. The summed E-state index contributed by atoms with van der Waals surface area (Å²) in [7, 11) is 0. The van der Waals surface area contributed by atoms with Crippen LogP contribution in [-0.4, -0.2) is 57.5 Å². The van der Waals surface area contributed by atoms with Gasteiger partial charge in [-0.2, -0.15) is 0 Å². The van der Waals surface area contributed by atoms with Gasteiger partial charge in [0, 0.05) is 19.7 Å². The second-order valence-corrected chi connectivity index (χ2v) is 10.2. The lowest BCUT2D eigenvalue weighted by Crippen LogP contribution is -2.47. The molecule has 8 nitrogen and oxygen atoms in total. The third kappa shape index (κ3) is 6.34. The van der Waals surface area contributed by atoms with Crippen LogP contribution in [0.4, 0.5) is 0 Å². The molecular weight excluding hydrogens is 490 g/mol. The molecule has 1 aliphatic heterocycles. The van der Waals surface area contributed by atoms with Gasteiger partial charge in [0.05, 0.1) is 11.6 Å². The second-order valence-electron chi connectivity index (χ2n) is 10.2. The SMILES string of the molecule is Cc1ccc([C@@H](C(=O)NC[C@H]2CCCO2)N(CCc2ccccc2C)C(=O)Cn2nnc3ccccc32)cc1. The summed E-state index contributed by atoms with van der Waals surface area (Å²) >= 11 is 0. The summed E-state index contributed by atoms with van der Waals surface area (Å²) in [4.78, 5) is 29.6. The van der Waals surface area contributed by atoms with E-state index in [0.717, 1.165) is 52.7 Å². The molecule has 1 N–H and O–H groups in total. The molecule has 0 unspecified atom stereocenters. The summed E-state index contributed by atoms with van der Waals surface area (Å²) in [5, 5.41) is 11.5. The largest absolute Gasteiger partial charge is 0.376 e. The van der Waals surface area contributed by atoms with Gasteiger partial charge in [0.1, 0.15) is 18.1 Å². The van der Waals surface area contributed by atoms with Crippen LogP contribution in [0.1, 0.15) is 41.1 Å². The van der Waals surface area contributed by atoms with Crippen molar-refractivity contribution in [2.45, 2.75) is 51.8 Å². The summed E-state index contributed by atoms with van der Waals surface area (Å²) in [6, 6.07) is 22.7. The molecule has 202 valence electrons. The van der Waals surface area contributed by atoms with E-state index in [2.05, 4.69) is 34.7 Å². The second kappa shape index (κ2) is 12.2. The van der Waals surface area contributed by atoms with Crippen LogP contribution < -0.4 is 5.32 Å². The molecule has 0 spiro atoms. The number of rotatable bonds is 10. The third-order valence-electron chi connectivity index (χ3n) is 7.39. The van der Waals surface area contributed by atoms with Crippen LogP contribution in [0.5, 0.6) is 0 Å². The molecule has 1 saturated heterocycles. The molecule has 2 amide bonds. The number of carbonyl (C=O) groups is 2. The lowest BCUT2D eigenvalue weighted by Gasteiger charge is -2.32. The third-order valence-corrected chi connectivity index (χ3v) is 7.39. The minimum absolute atomic E-state index is 0.00486. The normalized spacial score (nSPS) is 15.8. The predicted molar refractivity (Wildman–Crippen MR) is 150 cm³/mol. The Morgan fingerprint density at radius 1 is 1.05 bits per heavy atom. The van der Waals surface area contributed by atoms with Crippen molar-refractivity contribution in [2.75, 3.05) is 19.7 Å². The van der Waals surface area contributed by atoms with Crippen LogP contribution in [0.3, 0.4) is 0 Å². The summed E-state index contributed by atoms with van der Waals surface area (Å²) in [5.41, 5.74) is 5.66. The lowest BCUT2D eigenvalue weighted by molar-refractivity contribution is -0.141. The Morgan fingerprint density at radius 2 is 1.82 bits per heavy atom. The molecule has 2 heterocycles. The van der Waals surface area contributed by atoms with E-state index < -0.39 is 6.04 Å². The van der Waals surface area contributed by atoms with E-state index in [4.69, 9.17) is 4.74 Å². The molecule has 39 heavy (non-hydrogen) atoms. The first kappa shape index (κ1) is 26.6. The topological polar surface area (TPSA) is 89.4 Å². The number of ether oxygens (including phenoxy) is 1. The first-order chi connectivity index (χ1) is 19.0. The van der Waals surface area contributed by atoms with E-state index in [1.807, 2.05) is 67.6 Å². The smallest absolute Gasteiger partial charge is 0.247 e. The molecule has 5 rings (SSSR count). The summed E-state index contributed by atoms with van der Waals surface area (Å²) < 4.78 is 7.33. The minimum Gasteiger partial charge on any atom is -0.376 e. The number of nitrogens with zero attached hydrogens (tertiary/aromatic N) is 4. The molecule has 0 saturated carbocycles. The Kier molecular flexibility index (Phi) is 8.32. The van der Waals surface area contributed by atoms with Gasteiger partial charge in [-0.15, -0.1) is 5.10 Å². The molecule has 1 aliphatic rings. The molecule has 3 aromatic carbocycles. The fraction of sp³-hybridized carbons (Fsp3) is 0.355. The Hall–Kier alpha value is -4.04. The Balaban J connectivity index is 1.47. The maximum atomic E-state index is 14.0. The van der Waals surface area contributed by atoms with E-state index >= 15 is 0 Å². The zero-order valence-corrected chi connectivity index (χ0v) is 22.5. The van der Waals surface area contributed by atoms with Crippen LogP contribution in [-0.2, 0) is 27.3 Å². The van der Waals surface area contributed by atoms with E-state index in [1.165, 1.54) is 0 Å². The zero-order valence-electron chi connectivity index (χ0n) is 22.5. The fourth-order valence-corrected chi connectivity index (χ4v) is 5.12. The first-order valence-corrected chi connectivity index (χ1v) is 13.6. The lowest BCUT2D eigenvalue weighted by atomic mass is 10.0. The molecule has 0 bridgehead atoms. The highest BCUT2D eigenvalue weighted by Gasteiger charge is 2.32. The Labute approximate surface area is 229 Å². The van der Waals surface area contributed by atoms with E-state index in [1.54, 1.807) is 9.58 Å². The number of amides is 2. The van der Waals surface area contributed by atoms with Crippen LogP contribution in [0.25, 0.3) is 11.0 Å². The number of benzene rings is 3. The van der Waals surface area contributed by atoms with E-state index in [0.29, 0.717) is 19.5 Å². The number of hydrogen-bond donors (Lipinski definition) is 1. The number of fused-ring (bicyclic) bond motifs is 1. The molecule has 8 heteroatoms. The average molecular weight is 526 g/mol. The van der Waals surface area contributed by atoms with Crippen LogP contribution in [0.2, 0.25) is 0 Å². The number of aryl methyl sites for hydroxylation is 2. The Bertz CT molecular complexity index is 1430. The van der Waals surface area contributed by atoms with Crippen molar-refractivity contribution < 1.29 is 14.3 Å². The monoisotopic (exact) mass is 525 g/mol. The average Bonchev–Trinajstić information content (AvgIpc) is 3.62. The van der Waals surface area contributed by atoms with Gasteiger partial charge in [-0.3, -0.25) is 9.59 Å². The number of nitrogens with one attached hydrogen (secondary N) is 1. The summed E-state index contributed by atoms with van der Waals surface area (Å²) in [5.74, 6) is -0.409. The zero-order chi connectivity index (χ0) is 27.2. The van der Waals surface area contributed by atoms with Crippen molar-refractivity contribution in [3.63, 3.8) is 0 Å². The van der Waals surface area contributed by atoms with Crippen molar-refractivity contribution in [2.24, 2.45) is 0 Å². The minimum atomic E-state index is -0.793. The van der Waals surface area contributed by atoms with Gasteiger partial charge in [-0.1, -0.05) is 71.4 Å². The van der Waals surface area contributed by atoms with Gasteiger partial charge in [-0.25, -0.2) is 4.68 Å². The first-order valence-electron chi connectivity index (χ1n) is 13.6. The maximum Gasteiger partial charge on any atom is 0.247 e. The van der Waals surface area contributed by atoms with Gasteiger partial charge in [0.15, 0.2) is 0 Å². The van der Waals surface area contributed by atoms with Gasteiger partial charge >= 0.3 is 0 Å². The quantitative estimate of drug-likeness (QED) is 0.336. The molecule has 1 aromatic heterocycles. The fourth-order valence-electron chi connectivity index (χ4n) is 5.12. The van der Waals surface area contributed by atoms with E-state index in [-0.39, 0.29) is 24.5 Å². The van der Waals surface area contributed by atoms with Crippen LogP contribution >= 0.6 is 0 Å². The van der Waals surface area contributed by atoms with Crippen molar-refractivity contribution in [3.05, 3.63) is 95.1 Å². The van der Waals surface area contributed by atoms with Gasteiger partial charge in [-0.05, 0) is 61.9 Å². The highest BCUT2D eigenvalue weighted by Crippen LogP contribution is 2.25. The maximum absolute atomic E-state index is 14.0. The molecule has 4 aromatic rings.